The molecule has 1 aromatic carbocycles. The third-order valence-electron chi connectivity index (χ3n) is 3.78. The lowest BCUT2D eigenvalue weighted by molar-refractivity contribution is -0.125. The molecule has 1 saturated heterocycles. The lowest BCUT2D eigenvalue weighted by atomic mass is 9.92. The van der Waals surface area contributed by atoms with Crippen LogP contribution in [0.4, 0.5) is 4.39 Å². The summed E-state index contributed by atoms with van der Waals surface area (Å²) in [6, 6.07) is 6.07. The number of piperidine rings is 1. The quantitative estimate of drug-likeness (QED) is 0.880. The molecule has 0 bridgehead atoms. The predicted octanol–water partition coefficient (Wildman–Crippen LogP) is 2.39. The zero-order valence-corrected chi connectivity index (χ0v) is 11.4. The van der Waals surface area contributed by atoms with E-state index in [9.17, 15) is 9.18 Å². The second-order valence-corrected chi connectivity index (χ2v) is 5.30. The smallest absolute Gasteiger partial charge is 0.237 e. The van der Waals surface area contributed by atoms with E-state index in [2.05, 4.69) is 17.6 Å². The van der Waals surface area contributed by atoms with E-state index >= 15 is 0 Å². The molecule has 1 heterocycles. The summed E-state index contributed by atoms with van der Waals surface area (Å²) in [5, 5.41) is 6.13. The fourth-order valence-corrected chi connectivity index (χ4v) is 2.61. The maximum Gasteiger partial charge on any atom is 0.237 e. The lowest BCUT2D eigenvalue weighted by Crippen LogP contribution is -2.51. The second kappa shape index (κ2) is 6.15. The molecule has 0 aliphatic carbocycles. The van der Waals surface area contributed by atoms with E-state index in [0.717, 1.165) is 19.4 Å². The van der Waals surface area contributed by atoms with Crippen molar-refractivity contribution in [1.29, 1.82) is 0 Å². The van der Waals surface area contributed by atoms with Gasteiger partial charge >= 0.3 is 0 Å². The first-order valence-electron chi connectivity index (χ1n) is 6.87. The standard InChI is InChI=1S/C15H21FN2O/c1-10-6-5-9-17-14(10)15(19)18-11(2)12-7-3-4-8-13(12)16/h3-4,7-8,10-11,14,17H,5-6,9H2,1-2H3,(H,18,19)/t10?,11-,14?/m1/s1. The maximum atomic E-state index is 13.6. The molecule has 3 atom stereocenters. The van der Waals surface area contributed by atoms with Gasteiger partial charge in [-0.3, -0.25) is 4.79 Å². The molecule has 2 unspecified atom stereocenters. The Kier molecular flexibility index (Phi) is 4.53. The minimum atomic E-state index is -0.315. The monoisotopic (exact) mass is 264 g/mol. The fourth-order valence-electron chi connectivity index (χ4n) is 2.61. The molecule has 104 valence electrons. The van der Waals surface area contributed by atoms with Gasteiger partial charge in [0.25, 0.3) is 0 Å². The van der Waals surface area contributed by atoms with E-state index in [1.807, 2.05) is 6.92 Å². The van der Waals surface area contributed by atoms with E-state index < -0.39 is 0 Å². The van der Waals surface area contributed by atoms with Gasteiger partial charge in [-0.1, -0.05) is 25.1 Å². The van der Waals surface area contributed by atoms with Crippen LogP contribution >= 0.6 is 0 Å². The fraction of sp³-hybridized carbons (Fsp3) is 0.533. The highest BCUT2D eigenvalue weighted by molar-refractivity contribution is 5.82. The number of rotatable bonds is 3. The van der Waals surface area contributed by atoms with Gasteiger partial charge in [-0.2, -0.15) is 0 Å². The SMILES string of the molecule is CC1CCCNC1C(=O)N[C@H](C)c1ccccc1F. The highest BCUT2D eigenvalue weighted by Crippen LogP contribution is 2.19. The van der Waals surface area contributed by atoms with Crippen molar-refractivity contribution in [3.05, 3.63) is 35.6 Å². The van der Waals surface area contributed by atoms with Crippen LogP contribution in [0.2, 0.25) is 0 Å². The Labute approximate surface area is 113 Å². The predicted molar refractivity (Wildman–Crippen MR) is 73.1 cm³/mol. The van der Waals surface area contributed by atoms with Crippen molar-refractivity contribution in [3.8, 4) is 0 Å². The van der Waals surface area contributed by atoms with Crippen molar-refractivity contribution in [2.75, 3.05) is 6.54 Å². The molecule has 1 aliphatic rings. The Hall–Kier alpha value is -1.42. The molecule has 1 aliphatic heterocycles. The van der Waals surface area contributed by atoms with Crippen LogP contribution in [0.1, 0.15) is 38.3 Å². The number of carbonyl (C=O) groups excluding carboxylic acids is 1. The van der Waals surface area contributed by atoms with Crippen LogP contribution in [0, 0.1) is 11.7 Å². The van der Waals surface area contributed by atoms with Gasteiger partial charge in [0.1, 0.15) is 5.82 Å². The van der Waals surface area contributed by atoms with E-state index in [4.69, 9.17) is 0 Å². The molecule has 2 rings (SSSR count). The molecule has 0 aromatic heterocycles. The molecular weight excluding hydrogens is 243 g/mol. The summed E-state index contributed by atoms with van der Waals surface area (Å²) in [6.45, 7) is 4.75. The summed E-state index contributed by atoms with van der Waals surface area (Å²) in [4.78, 5) is 12.2. The van der Waals surface area contributed by atoms with Crippen molar-refractivity contribution in [3.63, 3.8) is 0 Å². The third kappa shape index (κ3) is 3.32. The van der Waals surface area contributed by atoms with Gasteiger partial charge in [0.15, 0.2) is 0 Å². The Bertz CT molecular complexity index is 450. The lowest BCUT2D eigenvalue weighted by Gasteiger charge is -2.30. The Morgan fingerprint density at radius 2 is 2.21 bits per heavy atom. The third-order valence-corrected chi connectivity index (χ3v) is 3.78. The van der Waals surface area contributed by atoms with Crippen molar-refractivity contribution in [2.45, 2.75) is 38.8 Å². The Morgan fingerprint density at radius 1 is 1.47 bits per heavy atom. The number of amides is 1. The summed E-state index contributed by atoms with van der Waals surface area (Å²) in [7, 11) is 0. The van der Waals surface area contributed by atoms with Crippen molar-refractivity contribution >= 4 is 5.91 Å². The molecule has 19 heavy (non-hydrogen) atoms. The summed E-state index contributed by atoms with van der Waals surface area (Å²) in [5.74, 6) is 0.00414. The number of hydrogen-bond acceptors (Lipinski definition) is 2. The number of hydrogen-bond donors (Lipinski definition) is 2. The average Bonchev–Trinajstić information content (AvgIpc) is 2.39. The first-order valence-corrected chi connectivity index (χ1v) is 6.87. The second-order valence-electron chi connectivity index (χ2n) is 5.30. The normalized spacial score (nSPS) is 24.8. The van der Waals surface area contributed by atoms with E-state index in [1.165, 1.54) is 6.07 Å². The average molecular weight is 264 g/mol. The molecule has 1 fully saturated rings. The van der Waals surface area contributed by atoms with Crippen LogP contribution in [-0.4, -0.2) is 18.5 Å². The van der Waals surface area contributed by atoms with Gasteiger partial charge in [-0.05, 0) is 38.3 Å². The molecule has 2 N–H and O–H groups in total. The van der Waals surface area contributed by atoms with Gasteiger partial charge in [-0.25, -0.2) is 4.39 Å². The molecule has 3 nitrogen and oxygen atoms in total. The molecule has 0 spiro atoms. The largest absolute Gasteiger partial charge is 0.348 e. The highest BCUT2D eigenvalue weighted by Gasteiger charge is 2.28. The van der Waals surface area contributed by atoms with Gasteiger partial charge in [0.05, 0.1) is 12.1 Å². The number of nitrogens with one attached hydrogen (secondary N) is 2. The molecular formula is C15H21FN2O. The molecule has 4 heteroatoms. The van der Waals surface area contributed by atoms with Crippen LogP contribution in [0.3, 0.4) is 0 Å². The number of carbonyl (C=O) groups is 1. The minimum Gasteiger partial charge on any atom is -0.348 e. The summed E-state index contributed by atoms with van der Waals surface area (Å²) in [6.07, 6.45) is 2.16. The van der Waals surface area contributed by atoms with Crippen LogP contribution in [-0.2, 0) is 4.79 Å². The van der Waals surface area contributed by atoms with Crippen molar-refractivity contribution in [2.24, 2.45) is 5.92 Å². The van der Waals surface area contributed by atoms with Crippen LogP contribution < -0.4 is 10.6 Å². The number of halogens is 1. The van der Waals surface area contributed by atoms with Gasteiger partial charge in [0.2, 0.25) is 5.91 Å². The summed E-state index contributed by atoms with van der Waals surface area (Å²) < 4.78 is 13.6. The highest BCUT2D eigenvalue weighted by atomic mass is 19.1. The van der Waals surface area contributed by atoms with Crippen LogP contribution in [0.25, 0.3) is 0 Å². The van der Waals surface area contributed by atoms with E-state index in [-0.39, 0.29) is 23.8 Å². The zero-order chi connectivity index (χ0) is 13.8. The van der Waals surface area contributed by atoms with Crippen LogP contribution in [0.15, 0.2) is 24.3 Å². The van der Waals surface area contributed by atoms with Crippen LogP contribution in [0.5, 0.6) is 0 Å². The Balaban J connectivity index is 2.00. The molecule has 0 radical (unpaired) electrons. The Morgan fingerprint density at radius 3 is 2.89 bits per heavy atom. The van der Waals surface area contributed by atoms with E-state index in [0.29, 0.717) is 11.5 Å². The van der Waals surface area contributed by atoms with Gasteiger partial charge in [0, 0.05) is 5.56 Å². The number of benzene rings is 1. The molecule has 1 amide bonds. The van der Waals surface area contributed by atoms with E-state index in [1.54, 1.807) is 18.2 Å². The molecule has 0 saturated carbocycles. The zero-order valence-electron chi connectivity index (χ0n) is 11.4. The van der Waals surface area contributed by atoms with Crippen molar-refractivity contribution in [1.82, 2.24) is 10.6 Å². The minimum absolute atomic E-state index is 0.0389. The first-order chi connectivity index (χ1) is 9.09. The molecule has 1 aromatic rings. The summed E-state index contributed by atoms with van der Waals surface area (Å²) >= 11 is 0. The topological polar surface area (TPSA) is 41.1 Å². The maximum absolute atomic E-state index is 13.6. The summed E-state index contributed by atoms with van der Waals surface area (Å²) in [5.41, 5.74) is 0.527. The van der Waals surface area contributed by atoms with Gasteiger partial charge in [-0.15, -0.1) is 0 Å². The van der Waals surface area contributed by atoms with Gasteiger partial charge < -0.3 is 10.6 Å². The first kappa shape index (κ1) is 14.0. The van der Waals surface area contributed by atoms with Crippen molar-refractivity contribution < 1.29 is 9.18 Å².